The van der Waals surface area contributed by atoms with Crippen molar-refractivity contribution in [1.82, 2.24) is 24.1 Å². The van der Waals surface area contributed by atoms with Crippen LogP contribution >= 0.6 is 0 Å². The van der Waals surface area contributed by atoms with E-state index in [2.05, 4.69) is 169 Å². The van der Waals surface area contributed by atoms with Gasteiger partial charge in [-0.05, 0) is 76.9 Å². The van der Waals surface area contributed by atoms with Crippen molar-refractivity contribution in [2.24, 2.45) is 0 Å². The van der Waals surface area contributed by atoms with Crippen LogP contribution in [0, 0.1) is 0 Å². The topological polar surface area (TPSA) is 48.5 Å². The van der Waals surface area contributed by atoms with Crippen molar-refractivity contribution in [1.29, 1.82) is 0 Å². The van der Waals surface area contributed by atoms with Gasteiger partial charge in [0.05, 0.1) is 22.1 Å². The molecule has 5 heteroatoms. The zero-order chi connectivity index (χ0) is 35.3. The molecule has 3 heterocycles. The Kier molecular flexibility index (Phi) is 6.23. The second-order valence-corrected chi connectivity index (χ2v) is 14.5. The predicted octanol–water partition coefficient (Wildman–Crippen LogP) is 11.7. The molecule has 0 bridgehead atoms. The first-order valence-corrected chi connectivity index (χ1v) is 18.1. The van der Waals surface area contributed by atoms with Crippen molar-refractivity contribution in [3.63, 3.8) is 0 Å². The highest BCUT2D eigenvalue weighted by atomic mass is 15.2. The lowest BCUT2D eigenvalue weighted by Crippen LogP contribution is -2.14. The number of nitrogens with zero attached hydrogens (tertiary/aromatic N) is 5. The fourth-order valence-corrected chi connectivity index (χ4v) is 8.66. The molecule has 10 aromatic rings. The first-order chi connectivity index (χ1) is 26.0. The monoisotopic (exact) mass is 679 g/mol. The summed E-state index contributed by atoms with van der Waals surface area (Å²) in [6.45, 7) is 4.67. The Morgan fingerprint density at radius 2 is 0.981 bits per heavy atom. The molecule has 5 nitrogen and oxygen atoms in total. The summed E-state index contributed by atoms with van der Waals surface area (Å²) in [5.74, 6) is 1.86. The van der Waals surface area contributed by atoms with E-state index >= 15 is 0 Å². The summed E-state index contributed by atoms with van der Waals surface area (Å²) in [7, 11) is 0. The maximum Gasteiger partial charge on any atom is 0.238 e. The molecule has 0 fully saturated rings. The molecule has 0 amide bonds. The SMILES string of the molecule is CC1(C)c2ccccc2-c2cc3c(cc21)c1ccccc1n3-c1nc(-c2ccccc2)nc(-c2ccc3c(c2)c2ccccc2n3-c2ccccc2)n1. The van der Waals surface area contributed by atoms with E-state index in [9.17, 15) is 0 Å². The van der Waals surface area contributed by atoms with Crippen LogP contribution in [0.25, 0.3) is 89.2 Å². The van der Waals surface area contributed by atoms with Crippen LogP contribution in [-0.2, 0) is 5.41 Å². The van der Waals surface area contributed by atoms with Crippen molar-refractivity contribution in [3.05, 3.63) is 175 Å². The average Bonchev–Trinajstić information content (AvgIpc) is 3.80. The first kappa shape index (κ1) is 29.8. The number of fused-ring (bicyclic) bond motifs is 9. The fourth-order valence-electron chi connectivity index (χ4n) is 8.66. The van der Waals surface area contributed by atoms with Gasteiger partial charge in [0.25, 0.3) is 0 Å². The predicted molar refractivity (Wildman–Crippen MR) is 217 cm³/mol. The maximum atomic E-state index is 5.32. The maximum absolute atomic E-state index is 5.32. The van der Waals surface area contributed by atoms with Crippen molar-refractivity contribution in [2.75, 3.05) is 0 Å². The van der Waals surface area contributed by atoms with E-state index in [4.69, 9.17) is 15.0 Å². The van der Waals surface area contributed by atoms with Gasteiger partial charge in [-0.2, -0.15) is 9.97 Å². The molecular formula is C48H33N5. The van der Waals surface area contributed by atoms with Crippen molar-refractivity contribution < 1.29 is 0 Å². The summed E-state index contributed by atoms with van der Waals surface area (Å²) in [5.41, 5.74) is 12.6. The van der Waals surface area contributed by atoms with Gasteiger partial charge in [-0.25, -0.2) is 4.98 Å². The molecule has 0 N–H and O–H groups in total. The van der Waals surface area contributed by atoms with E-state index in [1.165, 1.54) is 38.4 Å². The average molecular weight is 680 g/mol. The van der Waals surface area contributed by atoms with Crippen molar-refractivity contribution in [2.45, 2.75) is 19.3 Å². The van der Waals surface area contributed by atoms with Gasteiger partial charge >= 0.3 is 0 Å². The lowest BCUT2D eigenvalue weighted by Gasteiger charge is -2.21. The Morgan fingerprint density at radius 3 is 1.74 bits per heavy atom. The third-order valence-corrected chi connectivity index (χ3v) is 11.2. The van der Waals surface area contributed by atoms with Crippen LogP contribution in [0.15, 0.2) is 164 Å². The van der Waals surface area contributed by atoms with Crippen LogP contribution in [-0.4, -0.2) is 24.1 Å². The van der Waals surface area contributed by atoms with E-state index in [1.54, 1.807) is 0 Å². The molecule has 0 saturated heterocycles. The van der Waals surface area contributed by atoms with Crippen molar-refractivity contribution >= 4 is 43.6 Å². The number of benzene rings is 7. The Labute approximate surface area is 306 Å². The first-order valence-electron chi connectivity index (χ1n) is 18.1. The van der Waals surface area contributed by atoms with Crippen LogP contribution in [0.5, 0.6) is 0 Å². The molecule has 0 spiro atoms. The summed E-state index contributed by atoms with van der Waals surface area (Å²) in [5, 5.41) is 4.71. The van der Waals surface area contributed by atoms with E-state index in [0.717, 1.165) is 44.3 Å². The Balaban J connectivity index is 1.18. The summed E-state index contributed by atoms with van der Waals surface area (Å²) in [4.78, 5) is 15.7. The van der Waals surface area contributed by atoms with Gasteiger partial charge in [-0.1, -0.05) is 123 Å². The lowest BCUT2D eigenvalue weighted by molar-refractivity contribution is 0.661. The molecule has 53 heavy (non-hydrogen) atoms. The number of rotatable bonds is 4. The number of para-hydroxylation sites is 3. The second-order valence-electron chi connectivity index (χ2n) is 14.5. The molecule has 7 aromatic carbocycles. The number of aromatic nitrogens is 5. The Hall–Kier alpha value is -6.85. The van der Waals surface area contributed by atoms with Crippen LogP contribution in [0.4, 0.5) is 0 Å². The van der Waals surface area contributed by atoms with E-state index in [1.807, 2.05) is 18.2 Å². The van der Waals surface area contributed by atoms with Crippen LogP contribution in [0.2, 0.25) is 0 Å². The summed E-state index contributed by atoms with van der Waals surface area (Å²) >= 11 is 0. The summed E-state index contributed by atoms with van der Waals surface area (Å²) < 4.78 is 4.56. The highest BCUT2D eigenvalue weighted by molar-refractivity contribution is 6.12. The molecule has 0 atom stereocenters. The molecule has 1 aliphatic carbocycles. The number of hydrogen-bond acceptors (Lipinski definition) is 3. The molecule has 0 radical (unpaired) electrons. The zero-order valence-corrected chi connectivity index (χ0v) is 29.3. The standard InChI is InChI=1S/C48H33N5/c1-48(2)39-22-12-9-19-33(39)36-29-44-38(28-40(36)48)35-21-11-14-24-42(35)53(44)47-50-45(30-15-5-3-6-16-30)49-46(51-47)31-25-26-43-37(27-31)34-20-10-13-23-41(34)52(43)32-17-7-4-8-18-32/h3-29H,1-2H3. The van der Waals surface area contributed by atoms with Gasteiger partial charge in [0, 0.05) is 43.8 Å². The third-order valence-electron chi connectivity index (χ3n) is 11.2. The molecule has 0 aliphatic heterocycles. The van der Waals surface area contributed by atoms with Gasteiger partial charge in [-0.3, -0.25) is 4.57 Å². The Bertz CT molecular complexity index is 3080. The zero-order valence-electron chi connectivity index (χ0n) is 29.3. The minimum atomic E-state index is -0.105. The minimum absolute atomic E-state index is 0.105. The van der Waals surface area contributed by atoms with Gasteiger partial charge in [-0.15, -0.1) is 0 Å². The van der Waals surface area contributed by atoms with E-state index in [0.29, 0.717) is 17.6 Å². The van der Waals surface area contributed by atoms with E-state index in [-0.39, 0.29) is 5.41 Å². The van der Waals surface area contributed by atoms with Crippen LogP contribution in [0.1, 0.15) is 25.0 Å². The quantitative estimate of drug-likeness (QED) is 0.186. The summed E-state index contributed by atoms with van der Waals surface area (Å²) in [6.07, 6.45) is 0. The van der Waals surface area contributed by atoms with Crippen LogP contribution < -0.4 is 0 Å². The highest BCUT2D eigenvalue weighted by Gasteiger charge is 2.36. The molecular weight excluding hydrogens is 647 g/mol. The fraction of sp³-hybridized carbons (Fsp3) is 0.0625. The van der Waals surface area contributed by atoms with Crippen LogP contribution in [0.3, 0.4) is 0 Å². The largest absolute Gasteiger partial charge is 0.309 e. The second kappa shape index (κ2) is 11.1. The molecule has 3 aromatic heterocycles. The smallest absolute Gasteiger partial charge is 0.238 e. The minimum Gasteiger partial charge on any atom is -0.309 e. The van der Waals surface area contributed by atoms with E-state index < -0.39 is 0 Å². The van der Waals surface area contributed by atoms with Crippen molar-refractivity contribution in [3.8, 4) is 45.5 Å². The molecule has 11 rings (SSSR count). The normalized spacial score (nSPS) is 13.2. The Morgan fingerprint density at radius 1 is 0.396 bits per heavy atom. The summed E-state index contributed by atoms with van der Waals surface area (Å²) in [6, 6.07) is 58.1. The number of hydrogen-bond donors (Lipinski definition) is 0. The van der Waals surface area contributed by atoms with Gasteiger partial charge in [0.1, 0.15) is 0 Å². The lowest BCUT2D eigenvalue weighted by atomic mass is 9.82. The molecule has 1 aliphatic rings. The molecule has 0 unspecified atom stereocenters. The molecule has 0 saturated carbocycles. The highest BCUT2D eigenvalue weighted by Crippen LogP contribution is 2.51. The van der Waals surface area contributed by atoms with Gasteiger partial charge in [0.15, 0.2) is 11.6 Å². The molecule has 250 valence electrons. The third kappa shape index (κ3) is 4.34. The van der Waals surface area contributed by atoms with Gasteiger partial charge < -0.3 is 4.57 Å². The van der Waals surface area contributed by atoms with Gasteiger partial charge in [0.2, 0.25) is 5.95 Å².